The SMILES string of the molecule is O=[SH]O.c1ccccc1. The van der Waals surface area contributed by atoms with Gasteiger partial charge in [0.1, 0.15) is 11.9 Å². The maximum absolute atomic E-state index is 8.46. The van der Waals surface area contributed by atoms with Crippen molar-refractivity contribution in [3.63, 3.8) is 0 Å². The second-order valence-corrected chi connectivity index (χ2v) is 1.40. The largest absolute Gasteiger partial charge is 0.308 e. The maximum atomic E-state index is 8.46. The molecule has 0 atom stereocenters. The fourth-order valence-corrected chi connectivity index (χ4v) is 0.385. The molecule has 0 bridgehead atoms. The first kappa shape index (κ1) is 8.33. The van der Waals surface area contributed by atoms with Gasteiger partial charge in [0.15, 0.2) is 0 Å². The molecule has 0 aliphatic carbocycles. The Balaban J connectivity index is 0.000000187. The van der Waals surface area contributed by atoms with Gasteiger partial charge in [-0.05, 0) is 0 Å². The highest BCUT2D eigenvalue weighted by Crippen LogP contribution is 1.79. The van der Waals surface area contributed by atoms with Crippen molar-refractivity contribution in [3.8, 4) is 0 Å². The molecule has 0 amide bonds. The van der Waals surface area contributed by atoms with Crippen LogP contribution in [0.5, 0.6) is 0 Å². The molecular weight excluding hydrogens is 136 g/mol. The Kier molecular flexibility index (Phi) is 6.78. The van der Waals surface area contributed by atoms with E-state index in [0.717, 1.165) is 0 Å². The summed E-state index contributed by atoms with van der Waals surface area (Å²) in [5.74, 6) is 0. The van der Waals surface area contributed by atoms with Crippen LogP contribution >= 0.6 is 0 Å². The lowest BCUT2D eigenvalue weighted by atomic mass is 10.4. The predicted molar refractivity (Wildman–Crippen MR) is 38.6 cm³/mol. The summed E-state index contributed by atoms with van der Waals surface area (Å²) in [6.07, 6.45) is 0. The highest BCUT2D eigenvalue weighted by atomic mass is 32.2. The second kappa shape index (κ2) is 7.33. The number of hydrogen-bond donors (Lipinski definition) is 2. The summed E-state index contributed by atoms with van der Waals surface area (Å²) in [7, 11) is 0. The Morgan fingerprint density at radius 1 is 0.889 bits per heavy atom. The molecule has 1 N–H and O–H groups in total. The molecule has 1 aromatic carbocycles. The molecule has 50 valence electrons. The van der Waals surface area contributed by atoms with E-state index in [9.17, 15) is 0 Å². The van der Waals surface area contributed by atoms with Gasteiger partial charge in [0.05, 0.1) is 0 Å². The molecule has 1 rings (SSSR count). The summed E-state index contributed by atoms with van der Waals surface area (Å²) < 4.78 is 15.4. The van der Waals surface area contributed by atoms with Crippen molar-refractivity contribution in [1.82, 2.24) is 0 Å². The Morgan fingerprint density at radius 2 is 1.00 bits per heavy atom. The summed E-state index contributed by atoms with van der Waals surface area (Å²) in [6, 6.07) is 12.0. The van der Waals surface area contributed by atoms with Crippen LogP contribution in [0.4, 0.5) is 0 Å². The highest BCUT2D eigenvalue weighted by molar-refractivity contribution is 7.59. The quantitative estimate of drug-likeness (QED) is 0.422. The summed E-state index contributed by atoms with van der Waals surface area (Å²) in [5.41, 5.74) is 0. The molecule has 0 unspecified atom stereocenters. The molecular formula is C6H8O2S. The monoisotopic (exact) mass is 144 g/mol. The third-order valence-electron chi connectivity index (χ3n) is 0.667. The zero-order valence-corrected chi connectivity index (χ0v) is 5.66. The lowest BCUT2D eigenvalue weighted by Gasteiger charge is -1.69. The standard InChI is InChI=1S/C6H6.H2O2S/c1-2-4-6-5-3-1;1-3-2/h1-6H;3H,(H,1,2). The minimum Gasteiger partial charge on any atom is -0.308 e. The fourth-order valence-electron chi connectivity index (χ4n) is 0.385. The Hall–Kier alpha value is -0.670. The van der Waals surface area contributed by atoms with Gasteiger partial charge in [0.25, 0.3) is 0 Å². The van der Waals surface area contributed by atoms with Crippen LogP contribution in [-0.4, -0.2) is 8.76 Å². The third-order valence-corrected chi connectivity index (χ3v) is 0.667. The highest BCUT2D eigenvalue weighted by Gasteiger charge is 1.57. The van der Waals surface area contributed by atoms with E-state index in [0.29, 0.717) is 0 Å². The van der Waals surface area contributed by atoms with Crippen molar-refractivity contribution < 1.29 is 8.76 Å². The molecule has 0 saturated heterocycles. The smallest absolute Gasteiger partial charge is 0.139 e. The fraction of sp³-hybridized carbons (Fsp3) is 0. The number of hydrogen-bond acceptors (Lipinski definition) is 1. The van der Waals surface area contributed by atoms with Gasteiger partial charge in [-0.1, -0.05) is 36.4 Å². The van der Waals surface area contributed by atoms with E-state index in [1.807, 2.05) is 36.4 Å². The summed E-state index contributed by atoms with van der Waals surface area (Å²) >= 11 is -0.833. The molecule has 1 aromatic rings. The Bertz CT molecular complexity index is 114. The number of rotatable bonds is 0. The van der Waals surface area contributed by atoms with E-state index < -0.39 is 11.9 Å². The number of benzene rings is 1. The molecule has 9 heavy (non-hydrogen) atoms. The molecule has 0 heterocycles. The lowest BCUT2D eigenvalue weighted by molar-refractivity contribution is 0.586. The molecule has 0 saturated carbocycles. The van der Waals surface area contributed by atoms with Crippen molar-refractivity contribution in [3.05, 3.63) is 36.4 Å². The zero-order chi connectivity index (χ0) is 6.95. The first-order valence-electron chi connectivity index (χ1n) is 2.38. The van der Waals surface area contributed by atoms with Crippen molar-refractivity contribution in [2.24, 2.45) is 0 Å². The lowest BCUT2D eigenvalue weighted by Crippen LogP contribution is -1.47. The van der Waals surface area contributed by atoms with Gasteiger partial charge in [0, 0.05) is 0 Å². The minimum atomic E-state index is -0.833. The van der Waals surface area contributed by atoms with E-state index in [1.54, 1.807) is 0 Å². The third kappa shape index (κ3) is 7.33. The molecule has 0 aliphatic heterocycles. The van der Waals surface area contributed by atoms with Crippen molar-refractivity contribution >= 4 is 11.9 Å². The van der Waals surface area contributed by atoms with E-state index in [4.69, 9.17) is 8.76 Å². The molecule has 2 nitrogen and oxygen atoms in total. The second-order valence-electron chi connectivity index (χ2n) is 1.24. The molecule has 0 radical (unpaired) electrons. The Morgan fingerprint density at radius 3 is 1.11 bits per heavy atom. The van der Waals surface area contributed by atoms with Crippen LogP contribution < -0.4 is 0 Å². The molecule has 0 aromatic heterocycles. The average molecular weight is 144 g/mol. The molecule has 0 spiro atoms. The summed E-state index contributed by atoms with van der Waals surface area (Å²) in [5, 5.41) is 0. The van der Waals surface area contributed by atoms with Gasteiger partial charge in [-0.3, -0.25) is 0 Å². The number of thiol groups is 1. The van der Waals surface area contributed by atoms with Crippen molar-refractivity contribution in [1.29, 1.82) is 0 Å². The van der Waals surface area contributed by atoms with Gasteiger partial charge < -0.3 is 4.55 Å². The summed E-state index contributed by atoms with van der Waals surface area (Å²) in [4.78, 5) is 0. The van der Waals surface area contributed by atoms with E-state index >= 15 is 0 Å². The average Bonchev–Trinajstić information content (AvgIpc) is 1.93. The minimum absolute atomic E-state index is 0.833. The van der Waals surface area contributed by atoms with E-state index in [1.165, 1.54) is 0 Å². The van der Waals surface area contributed by atoms with Crippen LogP contribution in [-0.2, 0) is 11.9 Å². The van der Waals surface area contributed by atoms with Crippen LogP contribution in [0.15, 0.2) is 36.4 Å². The normalized spacial score (nSPS) is 7.22. The van der Waals surface area contributed by atoms with Gasteiger partial charge in [-0.15, -0.1) is 0 Å². The van der Waals surface area contributed by atoms with Gasteiger partial charge in [-0.2, -0.15) is 0 Å². The van der Waals surface area contributed by atoms with Crippen LogP contribution in [0.3, 0.4) is 0 Å². The van der Waals surface area contributed by atoms with Crippen molar-refractivity contribution in [2.75, 3.05) is 0 Å². The summed E-state index contributed by atoms with van der Waals surface area (Å²) in [6.45, 7) is 0. The first-order valence-corrected chi connectivity index (χ1v) is 3.15. The topological polar surface area (TPSA) is 37.3 Å². The van der Waals surface area contributed by atoms with Crippen LogP contribution in [0, 0.1) is 0 Å². The van der Waals surface area contributed by atoms with E-state index in [-0.39, 0.29) is 0 Å². The van der Waals surface area contributed by atoms with Crippen LogP contribution in [0.1, 0.15) is 0 Å². The van der Waals surface area contributed by atoms with Crippen molar-refractivity contribution in [2.45, 2.75) is 0 Å². The molecule has 0 fully saturated rings. The first-order chi connectivity index (χ1) is 4.41. The zero-order valence-electron chi connectivity index (χ0n) is 4.77. The maximum Gasteiger partial charge on any atom is 0.139 e. The van der Waals surface area contributed by atoms with E-state index in [2.05, 4.69) is 0 Å². The van der Waals surface area contributed by atoms with Gasteiger partial charge in [-0.25, -0.2) is 4.21 Å². The van der Waals surface area contributed by atoms with Gasteiger partial charge >= 0.3 is 0 Å². The van der Waals surface area contributed by atoms with Crippen LogP contribution in [0.25, 0.3) is 0 Å². The Labute approximate surface area is 57.8 Å². The van der Waals surface area contributed by atoms with Crippen LogP contribution in [0.2, 0.25) is 0 Å². The predicted octanol–water partition coefficient (Wildman–Crippen LogP) is 1.09. The van der Waals surface area contributed by atoms with Gasteiger partial charge in [0.2, 0.25) is 0 Å². The molecule has 3 heteroatoms. The molecule has 0 aliphatic rings.